The highest BCUT2D eigenvalue weighted by molar-refractivity contribution is 4.69. The van der Waals surface area contributed by atoms with Crippen molar-refractivity contribution in [1.82, 2.24) is 0 Å². The Balaban J connectivity index is 3.70. The Morgan fingerprint density at radius 3 is 2.36 bits per heavy atom. The average Bonchev–Trinajstić information content (AvgIpc) is 1.86. The second-order valence-electron chi connectivity index (χ2n) is 3.57. The third kappa shape index (κ3) is 5.22. The van der Waals surface area contributed by atoms with Crippen LogP contribution in [0.15, 0.2) is 0 Å². The zero-order valence-electron chi connectivity index (χ0n) is 8.05. The van der Waals surface area contributed by atoms with Crippen LogP contribution in [0.25, 0.3) is 0 Å². The van der Waals surface area contributed by atoms with E-state index in [1.165, 1.54) is 0 Å². The normalized spacial score (nSPS) is 15.0. The van der Waals surface area contributed by atoms with Gasteiger partial charge in [-0.1, -0.05) is 6.92 Å². The summed E-state index contributed by atoms with van der Waals surface area (Å²) in [6, 6.07) is 0. The summed E-state index contributed by atoms with van der Waals surface area (Å²) in [5, 5.41) is 8.71. The molecule has 0 aromatic carbocycles. The van der Waals surface area contributed by atoms with E-state index in [1.807, 2.05) is 13.8 Å². The molecule has 0 rings (SSSR count). The van der Waals surface area contributed by atoms with Gasteiger partial charge >= 0.3 is 0 Å². The Kier molecular flexibility index (Phi) is 4.69. The van der Waals surface area contributed by atoms with Crippen molar-refractivity contribution in [2.75, 3.05) is 6.61 Å². The van der Waals surface area contributed by atoms with Gasteiger partial charge in [-0.05, 0) is 33.6 Å². The zero-order valence-corrected chi connectivity index (χ0v) is 8.05. The Morgan fingerprint density at radius 1 is 1.45 bits per heavy atom. The summed E-state index contributed by atoms with van der Waals surface area (Å²) in [6.45, 7) is 8.37. The Bertz CT molecular complexity index is 99.7. The van der Waals surface area contributed by atoms with Crippen LogP contribution >= 0.6 is 0 Å². The number of hydrogen-bond acceptors (Lipinski definition) is 2. The number of hydrogen-bond donors (Lipinski definition) is 1. The first-order valence-electron chi connectivity index (χ1n) is 4.30. The first-order chi connectivity index (χ1) is 5.02. The predicted octanol–water partition coefficient (Wildman–Crippen LogP) is 1.96. The second kappa shape index (κ2) is 4.73. The van der Waals surface area contributed by atoms with Crippen molar-refractivity contribution in [3.8, 4) is 0 Å². The summed E-state index contributed by atoms with van der Waals surface area (Å²) in [4.78, 5) is 0. The van der Waals surface area contributed by atoms with Crippen LogP contribution in [0, 0.1) is 0 Å². The molecule has 0 heterocycles. The molecule has 68 valence electrons. The lowest BCUT2D eigenvalue weighted by Gasteiger charge is -2.28. The SMILES string of the molecule is CCC(C)OC(C)(C)CCO. The Hall–Kier alpha value is -0.0800. The van der Waals surface area contributed by atoms with Crippen molar-refractivity contribution in [3.05, 3.63) is 0 Å². The highest BCUT2D eigenvalue weighted by atomic mass is 16.5. The summed E-state index contributed by atoms with van der Waals surface area (Å²) in [6.07, 6.45) is 2.02. The van der Waals surface area contributed by atoms with Crippen LogP contribution in [0.1, 0.15) is 40.5 Å². The molecule has 0 aliphatic carbocycles. The van der Waals surface area contributed by atoms with Crippen LogP contribution in [-0.4, -0.2) is 23.4 Å². The highest BCUT2D eigenvalue weighted by Crippen LogP contribution is 2.17. The maximum absolute atomic E-state index is 8.71. The number of aliphatic hydroxyl groups excluding tert-OH is 1. The maximum Gasteiger partial charge on any atom is 0.0651 e. The van der Waals surface area contributed by atoms with Crippen LogP contribution < -0.4 is 0 Å². The van der Waals surface area contributed by atoms with E-state index in [1.54, 1.807) is 0 Å². The van der Waals surface area contributed by atoms with Crippen LogP contribution in [0.3, 0.4) is 0 Å². The summed E-state index contributed by atoms with van der Waals surface area (Å²) in [5.74, 6) is 0. The highest BCUT2D eigenvalue weighted by Gasteiger charge is 2.19. The fourth-order valence-corrected chi connectivity index (χ4v) is 0.956. The Labute approximate surface area is 69.6 Å². The molecular formula is C9H20O2. The zero-order chi connectivity index (χ0) is 8.91. The molecule has 0 fully saturated rings. The molecular weight excluding hydrogens is 140 g/mol. The lowest BCUT2D eigenvalue weighted by Crippen LogP contribution is -2.30. The number of aliphatic hydroxyl groups is 1. The molecule has 1 atom stereocenters. The summed E-state index contributed by atoms with van der Waals surface area (Å²) < 4.78 is 5.67. The second-order valence-corrected chi connectivity index (χ2v) is 3.57. The fourth-order valence-electron chi connectivity index (χ4n) is 0.956. The third-order valence-electron chi connectivity index (χ3n) is 1.81. The van der Waals surface area contributed by atoms with Gasteiger partial charge in [0.15, 0.2) is 0 Å². The molecule has 0 bridgehead atoms. The summed E-state index contributed by atoms with van der Waals surface area (Å²) in [5.41, 5.74) is -0.176. The van der Waals surface area contributed by atoms with E-state index in [0.717, 1.165) is 6.42 Å². The Morgan fingerprint density at radius 2 is 2.00 bits per heavy atom. The molecule has 0 spiro atoms. The molecule has 0 saturated carbocycles. The molecule has 1 unspecified atom stereocenters. The van der Waals surface area contributed by atoms with Crippen molar-refractivity contribution >= 4 is 0 Å². The van der Waals surface area contributed by atoms with E-state index in [9.17, 15) is 0 Å². The van der Waals surface area contributed by atoms with E-state index in [-0.39, 0.29) is 18.3 Å². The molecule has 0 radical (unpaired) electrons. The van der Waals surface area contributed by atoms with Crippen molar-refractivity contribution in [2.24, 2.45) is 0 Å². The largest absolute Gasteiger partial charge is 0.396 e. The van der Waals surface area contributed by atoms with Gasteiger partial charge in [-0.2, -0.15) is 0 Å². The van der Waals surface area contributed by atoms with Crippen LogP contribution in [-0.2, 0) is 4.74 Å². The van der Waals surface area contributed by atoms with Crippen molar-refractivity contribution in [2.45, 2.75) is 52.2 Å². The van der Waals surface area contributed by atoms with Crippen LogP contribution in [0.2, 0.25) is 0 Å². The van der Waals surface area contributed by atoms with Gasteiger partial charge < -0.3 is 9.84 Å². The lowest BCUT2D eigenvalue weighted by atomic mass is 10.1. The van der Waals surface area contributed by atoms with E-state index in [2.05, 4.69) is 13.8 Å². The molecule has 0 aromatic rings. The lowest BCUT2D eigenvalue weighted by molar-refractivity contribution is -0.0754. The minimum absolute atomic E-state index is 0.176. The standard InChI is InChI=1S/C9H20O2/c1-5-8(2)11-9(3,4)6-7-10/h8,10H,5-7H2,1-4H3. The van der Waals surface area contributed by atoms with Gasteiger partial charge in [0, 0.05) is 6.61 Å². The van der Waals surface area contributed by atoms with Crippen molar-refractivity contribution < 1.29 is 9.84 Å². The third-order valence-corrected chi connectivity index (χ3v) is 1.81. The number of rotatable bonds is 5. The quantitative estimate of drug-likeness (QED) is 0.666. The minimum atomic E-state index is -0.176. The van der Waals surface area contributed by atoms with Gasteiger partial charge in [-0.15, -0.1) is 0 Å². The van der Waals surface area contributed by atoms with Gasteiger partial charge in [-0.3, -0.25) is 0 Å². The van der Waals surface area contributed by atoms with Crippen LogP contribution in [0.5, 0.6) is 0 Å². The molecule has 1 N–H and O–H groups in total. The van der Waals surface area contributed by atoms with E-state index in [4.69, 9.17) is 9.84 Å². The molecule has 2 nitrogen and oxygen atoms in total. The topological polar surface area (TPSA) is 29.5 Å². The van der Waals surface area contributed by atoms with Crippen molar-refractivity contribution in [1.29, 1.82) is 0 Å². The monoisotopic (exact) mass is 160 g/mol. The molecule has 0 aliphatic rings. The molecule has 2 heteroatoms. The average molecular weight is 160 g/mol. The number of ether oxygens (including phenoxy) is 1. The van der Waals surface area contributed by atoms with E-state index < -0.39 is 0 Å². The molecule has 11 heavy (non-hydrogen) atoms. The molecule has 0 amide bonds. The van der Waals surface area contributed by atoms with E-state index in [0.29, 0.717) is 6.42 Å². The van der Waals surface area contributed by atoms with Gasteiger partial charge in [0.05, 0.1) is 11.7 Å². The smallest absolute Gasteiger partial charge is 0.0651 e. The first-order valence-corrected chi connectivity index (χ1v) is 4.30. The minimum Gasteiger partial charge on any atom is -0.396 e. The van der Waals surface area contributed by atoms with Crippen LogP contribution in [0.4, 0.5) is 0 Å². The van der Waals surface area contributed by atoms with Gasteiger partial charge in [0.25, 0.3) is 0 Å². The van der Waals surface area contributed by atoms with Gasteiger partial charge in [0.2, 0.25) is 0 Å². The molecule has 0 aromatic heterocycles. The maximum atomic E-state index is 8.71. The molecule has 0 aliphatic heterocycles. The molecule has 0 saturated heterocycles. The van der Waals surface area contributed by atoms with Gasteiger partial charge in [-0.25, -0.2) is 0 Å². The van der Waals surface area contributed by atoms with Crippen molar-refractivity contribution in [3.63, 3.8) is 0 Å². The fraction of sp³-hybridized carbons (Fsp3) is 1.00. The summed E-state index contributed by atoms with van der Waals surface area (Å²) in [7, 11) is 0. The van der Waals surface area contributed by atoms with Gasteiger partial charge in [0.1, 0.15) is 0 Å². The summed E-state index contributed by atoms with van der Waals surface area (Å²) >= 11 is 0. The first kappa shape index (κ1) is 10.9. The predicted molar refractivity (Wildman–Crippen MR) is 46.6 cm³/mol. The van der Waals surface area contributed by atoms with E-state index >= 15 is 0 Å².